The van der Waals surface area contributed by atoms with Crippen molar-refractivity contribution in [2.45, 2.75) is 18.2 Å². The van der Waals surface area contributed by atoms with Crippen LogP contribution in [0, 0.1) is 11.3 Å². The highest BCUT2D eigenvalue weighted by molar-refractivity contribution is 7.89. The Hall–Kier alpha value is -1.49. The lowest BCUT2D eigenvalue weighted by Gasteiger charge is -2.20. The average Bonchev–Trinajstić information content (AvgIpc) is 2.38. The molecular weight excluding hydrogens is 254 g/mol. The molecule has 1 heterocycles. The normalized spacial score (nSPS) is 11.4. The lowest BCUT2D eigenvalue weighted by molar-refractivity contribution is 0.253. The molecule has 1 rings (SSSR count). The van der Waals surface area contributed by atoms with E-state index in [0.29, 0.717) is 13.0 Å². The van der Waals surface area contributed by atoms with Crippen LogP contribution in [0.2, 0.25) is 0 Å². The Morgan fingerprint density at radius 1 is 1.50 bits per heavy atom. The van der Waals surface area contributed by atoms with Crippen LogP contribution in [0.5, 0.6) is 0 Å². The first-order chi connectivity index (χ1) is 8.57. The van der Waals surface area contributed by atoms with Crippen LogP contribution in [0.4, 0.5) is 0 Å². The molecule has 1 N–H and O–H groups in total. The van der Waals surface area contributed by atoms with Crippen molar-refractivity contribution in [2.24, 2.45) is 0 Å². The van der Waals surface area contributed by atoms with Gasteiger partial charge in [0.25, 0.3) is 0 Å². The van der Waals surface area contributed by atoms with Crippen molar-refractivity contribution in [1.29, 1.82) is 5.26 Å². The molecule has 0 radical (unpaired) electrons. The van der Waals surface area contributed by atoms with Crippen LogP contribution in [0.15, 0.2) is 23.2 Å². The Kier molecular flexibility index (Phi) is 5.22. The number of rotatable bonds is 6. The first-order valence-electron chi connectivity index (χ1n) is 5.54. The smallest absolute Gasteiger partial charge is 0.246 e. The summed E-state index contributed by atoms with van der Waals surface area (Å²) in [7, 11) is -3.78. The van der Waals surface area contributed by atoms with Crippen LogP contribution in [0.3, 0.4) is 0 Å². The monoisotopic (exact) mass is 269 g/mol. The molecule has 0 bridgehead atoms. The van der Waals surface area contributed by atoms with Crippen molar-refractivity contribution in [1.82, 2.24) is 9.29 Å². The third-order valence-corrected chi connectivity index (χ3v) is 4.25. The number of nitrogens with zero attached hydrogens (tertiary/aromatic N) is 3. The summed E-state index contributed by atoms with van der Waals surface area (Å²) in [6.45, 7) is 1.88. The lowest BCUT2D eigenvalue weighted by Crippen LogP contribution is -2.34. The highest BCUT2D eigenvalue weighted by Crippen LogP contribution is 2.18. The van der Waals surface area contributed by atoms with E-state index in [9.17, 15) is 8.42 Å². The fraction of sp³-hybridized carbons (Fsp3) is 0.455. The van der Waals surface area contributed by atoms with Gasteiger partial charge in [0.2, 0.25) is 10.0 Å². The molecule has 1 aromatic rings. The summed E-state index contributed by atoms with van der Waals surface area (Å²) in [5.74, 6) is 0. The average molecular weight is 269 g/mol. The first-order valence-corrected chi connectivity index (χ1v) is 6.98. The number of hydrogen-bond acceptors (Lipinski definition) is 5. The number of pyridine rings is 1. The fourth-order valence-electron chi connectivity index (χ4n) is 1.53. The Balaban J connectivity index is 3.23. The Morgan fingerprint density at radius 3 is 2.78 bits per heavy atom. The van der Waals surface area contributed by atoms with Gasteiger partial charge in [-0.1, -0.05) is 6.92 Å². The summed E-state index contributed by atoms with van der Waals surface area (Å²) in [6, 6.07) is 4.58. The van der Waals surface area contributed by atoms with E-state index >= 15 is 0 Å². The molecule has 0 aliphatic rings. The van der Waals surface area contributed by atoms with Gasteiger partial charge in [-0.3, -0.25) is 0 Å². The zero-order valence-electron chi connectivity index (χ0n) is 10.1. The molecule has 98 valence electrons. The SMILES string of the molecule is CCCN(CCO)S(=O)(=O)c1cccnc1C#N. The minimum atomic E-state index is -3.78. The number of aliphatic hydroxyl groups is 1. The molecule has 18 heavy (non-hydrogen) atoms. The van der Waals surface area contributed by atoms with E-state index in [-0.39, 0.29) is 23.7 Å². The second-order valence-corrected chi connectivity index (χ2v) is 5.50. The molecule has 0 aliphatic heterocycles. The highest BCUT2D eigenvalue weighted by Gasteiger charge is 2.26. The van der Waals surface area contributed by atoms with E-state index in [2.05, 4.69) is 4.98 Å². The molecule has 0 amide bonds. The van der Waals surface area contributed by atoms with Crippen LogP contribution < -0.4 is 0 Å². The summed E-state index contributed by atoms with van der Waals surface area (Å²) < 4.78 is 25.8. The predicted octanol–water partition coefficient (Wildman–Crippen LogP) is 0.346. The summed E-state index contributed by atoms with van der Waals surface area (Å²) in [4.78, 5) is 3.62. The molecule has 6 nitrogen and oxygen atoms in total. The number of sulfonamides is 1. The van der Waals surface area contributed by atoms with Gasteiger partial charge in [0, 0.05) is 19.3 Å². The zero-order valence-corrected chi connectivity index (χ0v) is 10.9. The molecule has 0 spiro atoms. The Morgan fingerprint density at radius 2 is 2.22 bits per heavy atom. The third kappa shape index (κ3) is 3.04. The molecule has 0 aliphatic carbocycles. The molecule has 7 heteroatoms. The van der Waals surface area contributed by atoms with E-state index in [1.54, 1.807) is 6.07 Å². The van der Waals surface area contributed by atoms with Crippen molar-refractivity contribution in [3.63, 3.8) is 0 Å². The lowest BCUT2D eigenvalue weighted by atomic mass is 10.4. The van der Waals surface area contributed by atoms with Gasteiger partial charge in [-0.15, -0.1) is 0 Å². The second-order valence-electron chi connectivity index (χ2n) is 3.59. The van der Waals surface area contributed by atoms with Gasteiger partial charge in [-0.2, -0.15) is 9.57 Å². The number of aromatic nitrogens is 1. The van der Waals surface area contributed by atoms with Crippen LogP contribution >= 0.6 is 0 Å². The minimum Gasteiger partial charge on any atom is -0.395 e. The van der Waals surface area contributed by atoms with Gasteiger partial charge >= 0.3 is 0 Å². The Bertz CT molecular complexity index is 531. The highest BCUT2D eigenvalue weighted by atomic mass is 32.2. The summed E-state index contributed by atoms with van der Waals surface area (Å²) in [5.41, 5.74) is -0.128. The van der Waals surface area contributed by atoms with Crippen LogP contribution in [-0.2, 0) is 10.0 Å². The topological polar surface area (TPSA) is 94.3 Å². The maximum atomic E-state index is 12.3. The van der Waals surface area contributed by atoms with E-state index in [0.717, 1.165) is 4.31 Å². The van der Waals surface area contributed by atoms with Crippen LogP contribution in [-0.4, -0.2) is 42.5 Å². The number of hydrogen-bond donors (Lipinski definition) is 1. The number of nitriles is 1. The van der Waals surface area contributed by atoms with Crippen molar-refractivity contribution < 1.29 is 13.5 Å². The van der Waals surface area contributed by atoms with Crippen molar-refractivity contribution >= 4 is 10.0 Å². The summed E-state index contributed by atoms with van der Waals surface area (Å²) in [6.07, 6.45) is 2.00. The van der Waals surface area contributed by atoms with Crippen molar-refractivity contribution in [3.8, 4) is 6.07 Å². The minimum absolute atomic E-state index is 0.00986. The van der Waals surface area contributed by atoms with Crippen LogP contribution in [0.1, 0.15) is 19.0 Å². The maximum Gasteiger partial charge on any atom is 0.246 e. The molecular formula is C11H15N3O3S. The van der Waals surface area contributed by atoms with Gasteiger partial charge in [-0.25, -0.2) is 13.4 Å². The summed E-state index contributed by atoms with van der Waals surface area (Å²) >= 11 is 0. The van der Waals surface area contributed by atoms with E-state index in [1.165, 1.54) is 18.3 Å². The Labute approximate surface area is 107 Å². The summed E-state index contributed by atoms with van der Waals surface area (Å²) in [5, 5.41) is 17.8. The van der Waals surface area contributed by atoms with E-state index < -0.39 is 10.0 Å². The van der Waals surface area contributed by atoms with Gasteiger partial charge in [0.1, 0.15) is 11.0 Å². The van der Waals surface area contributed by atoms with Gasteiger partial charge in [0.15, 0.2) is 5.69 Å². The quantitative estimate of drug-likeness (QED) is 0.804. The fourth-order valence-corrected chi connectivity index (χ4v) is 3.15. The third-order valence-electron chi connectivity index (χ3n) is 2.32. The van der Waals surface area contributed by atoms with Gasteiger partial charge in [-0.05, 0) is 18.6 Å². The molecule has 0 atom stereocenters. The molecule has 1 aromatic heterocycles. The molecule has 0 saturated heterocycles. The number of aliphatic hydroxyl groups excluding tert-OH is 1. The van der Waals surface area contributed by atoms with E-state index in [4.69, 9.17) is 10.4 Å². The standard InChI is InChI=1S/C11H15N3O3S/c1-2-6-14(7-8-15)18(16,17)11-4-3-5-13-10(11)9-12/h3-5,15H,2,6-8H2,1H3. The first kappa shape index (κ1) is 14.6. The largest absolute Gasteiger partial charge is 0.395 e. The molecule has 0 saturated carbocycles. The van der Waals surface area contributed by atoms with Gasteiger partial charge in [0.05, 0.1) is 6.61 Å². The van der Waals surface area contributed by atoms with Crippen molar-refractivity contribution in [3.05, 3.63) is 24.0 Å². The van der Waals surface area contributed by atoms with Gasteiger partial charge < -0.3 is 5.11 Å². The van der Waals surface area contributed by atoms with E-state index in [1.807, 2.05) is 6.92 Å². The maximum absolute atomic E-state index is 12.3. The van der Waals surface area contributed by atoms with Crippen LogP contribution in [0.25, 0.3) is 0 Å². The van der Waals surface area contributed by atoms with Crippen molar-refractivity contribution in [2.75, 3.05) is 19.7 Å². The zero-order chi connectivity index (χ0) is 13.6. The predicted molar refractivity (Wildman–Crippen MR) is 65.1 cm³/mol. The second kappa shape index (κ2) is 6.44. The molecule has 0 aromatic carbocycles. The molecule has 0 unspecified atom stereocenters. The molecule has 0 fully saturated rings.